The Kier molecular flexibility index (Phi) is 7.26. The largest absolute Gasteiger partial charge is 0.488 e. The van der Waals surface area contributed by atoms with E-state index in [4.69, 9.17) is 25.8 Å². The number of halogens is 1. The van der Waals surface area contributed by atoms with Crippen molar-refractivity contribution >= 4 is 11.6 Å². The van der Waals surface area contributed by atoms with Crippen LogP contribution in [0.25, 0.3) is 0 Å². The van der Waals surface area contributed by atoms with Gasteiger partial charge in [0.05, 0.1) is 25.4 Å². The summed E-state index contributed by atoms with van der Waals surface area (Å²) in [5.41, 5.74) is 3.61. The first-order valence-corrected chi connectivity index (χ1v) is 12.1. The molecule has 0 aliphatic carbocycles. The van der Waals surface area contributed by atoms with Crippen LogP contribution >= 0.6 is 11.6 Å². The van der Waals surface area contributed by atoms with Crippen molar-refractivity contribution in [2.45, 2.75) is 65.3 Å². The highest BCUT2D eigenvalue weighted by molar-refractivity contribution is 6.31. The molecule has 0 N–H and O–H groups in total. The van der Waals surface area contributed by atoms with Gasteiger partial charge in [-0.25, -0.2) is 0 Å². The summed E-state index contributed by atoms with van der Waals surface area (Å²) in [6.07, 6.45) is 3.42. The number of hydrogen-bond donors (Lipinski definition) is 0. The molecule has 2 heterocycles. The Morgan fingerprint density at radius 1 is 1.00 bits per heavy atom. The van der Waals surface area contributed by atoms with Crippen LogP contribution in [0.3, 0.4) is 0 Å². The fraction of sp³-hybridized carbons (Fsp3) is 0.556. The van der Waals surface area contributed by atoms with Crippen LogP contribution in [-0.4, -0.2) is 25.4 Å². The van der Waals surface area contributed by atoms with Gasteiger partial charge in [0.15, 0.2) is 0 Å². The molecule has 0 saturated carbocycles. The minimum atomic E-state index is 0.122. The summed E-state index contributed by atoms with van der Waals surface area (Å²) < 4.78 is 17.9. The second-order valence-corrected chi connectivity index (χ2v) is 9.76. The zero-order valence-corrected chi connectivity index (χ0v) is 19.9. The fourth-order valence-electron chi connectivity index (χ4n) is 4.99. The van der Waals surface area contributed by atoms with Gasteiger partial charge in [0.1, 0.15) is 11.9 Å². The topological polar surface area (TPSA) is 27.7 Å². The van der Waals surface area contributed by atoms with E-state index in [0.29, 0.717) is 30.5 Å². The van der Waals surface area contributed by atoms with E-state index in [-0.39, 0.29) is 12.2 Å². The average Bonchev–Trinajstić information content (AvgIpc) is 3.28. The van der Waals surface area contributed by atoms with Crippen molar-refractivity contribution in [3.05, 3.63) is 64.2 Å². The van der Waals surface area contributed by atoms with Gasteiger partial charge in [-0.3, -0.25) is 0 Å². The summed E-state index contributed by atoms with van der Waals surface area (Å²) >= 11 is 6.59. The maximum absolute atomic E-state index is 6.59. The predicted octanol–water partition coefficient (Wildman–Crippen LogP) is 6.86. The molecule has 0 amide bonds. The lowest BCUT2D eigenvalue weighted by Crippen LogP contribution is -2.40. The smallest absolute Gasteiger partial charge is 0.124 e. The van der Waals surface area contributed by atoms with E-state index in [1.54, 1.807) is 0 Å². The minimum absolute atomic E-state index is 0.122. The Morgan fingerprint density at radius 2 is 1.77 bits per heavy atom. The standard InChI is InChI=1S/C27H35ClO3/c1-5-26-18(3)17(2)19(4)27(31-26)21-8-11-25(28)22(15-21)14-20-6-9-23(10-7-20)30-24-12-13-29-16-24/h6-11,15,17-19,24,26-27H,5,12-14,16H2,1-4H3/t17-,18-,19+,24-,26+,27+/m0/s1. The molecule has 0 bridgehead atoms. The van der Waals surface area contributed by atoms with Crippen LogP contribution in [0.5, 0.6) is 5.75 Å². The molecule has 2 aliphatic rings. The van der Waals surface area contributed by atoms with E-state index in [0.717, 1.165) is 42.2 Å². The van der Waals surface area contributed by atoms with E-state index in [1.807, 2.05) is 18.2 Å². The molecule has 31 heavy (non-hydrogen) atoms. The molecular weight excluding hydrogens is 408 g/mol. The van der Waals surface area contributed by atoms with Gasteiger partial charge in [-0.2, -0.15) is 0 Å². The highest BCUT2D eigenvalue weighted by Gasteiger charge is 2.38. The number of benzene rings is 2. The predicted molar refractivity (Wildman–Crippen MR) is 126 cm³/mol. The van der Waals surface area contributed by atoms with Crippen molar-refractivity contribution < 1.29 is 14.2 Å². The molecule has 168 valence electrons. The van der Waals surface area contributed by atoms with E-state index in [2.05, 4.69) is 52.0 Å². The van der Waals surface area contributed by atoms with Gasteiger partial charge < -0.3 is 14.2 Å². The Balaban J connectivity index is 1.49. The second-order valence-electron chi connectivity index (χ2n) is 9.36. The lowest BCUT2D eigenvalue weighted by Gasteiger charge is -2.44. The van der Waals surface area contributed by atoms with Gasteiger partial charge in [0.2, 0.25) is 0 Å². The molecule has 3 nitrogen and oxygen atoms in total. The van der Waals surface area contributed by atoms with Crippen molar-refractivity contribution in [2.24, 2.45) is 17.8 Å². The van der Waals surface area contributed by atoms with Crippen molar-refractivity contribution in [1.29, 1.82) is 0 Å². The van der Waals surface area contributed by atoms with Crippen molar-refractivity contribution in [2.75, 3.05) is 13.2 Å². The van der Waals surface area contributed by atoms with Crippen molar-refractivity contribution in [1.82, 2.24) is 0 Å². The molecule has 0 radical (unpaired) electrons. The van der Waals surface area contributed by atoms with Crippen LogP contribution in [0.1, 0.15) is 63.3 Å². The van der Waals surface area contributed by atoms with E-state index in [1.165, 1.54) is 11.1 Å². The number of ether oxygens (including phenoxy) is 3. The zero-order chi connectivity index (χ0) is 22.0. The number of rotatable bonds is 6. The molecule has 0 aromatic heterocycles. The van der Waals surface area contributed by atoms with Gasteiger partial charge in [-0.05, 0) is 65.5 Å². The average molecular weight is 443 g/mol. The third-order valence-corrected chi connectivity index (χ3v) is 7.72. The minimum Gasteiger partial charge on any atom is -0.488 e. The first-order chi connectivity index (χ1) is 15.0. The van der Waals surface area contributed by atoms with Gasteiger partial charge in [0.25, 0.3) is 0 Å². The highest BCUT2D eigenvalue weighted by Crippen LogP contribution is 2.44. The molecular formula is C27H35ClO3. The molecule has 2 aromatic carbocycles. The van der Waals surface area contributed by atoms with E-state index < -0.39 is 0 Å². The van der Waals surface area contributed by atoms with Crippen LogP contribution in [0.4, 0.5) is 0 Å². The zero-order valence-electron chi connectivity index (χ0n) is 19.1. The van der Waals surface area contributed by atoms with Crippen LogP contribution in [0, 0.1) is 17.8 Å². The first-order valence-electron chi connectivity index (χ1n) is 11.7. The second kappa shape index (κ2) is 9.94. The molecule has 2 fully saturated rings. The molecule has 6 atom stereocenters. The molecule has 2 aromatic rings. The fourth-order valence-corrected chi connectivity index (χ4v) is 5.17. The summed E-state index contributed by atoms with van der Waals surface area (Å²) in [7, 11) is 0. The lowest BCUT2D eigenvalue weighted by atomic mass is 9.74. The van der Waals surface area contributed by atoms with Crippen LogP contribution < -0.4 is 4.74 Å². The highest BCUT2D eigenvalue weighted by atomic mass is 35.5. The van der Waals surface area contributed by atoms with E-state index in [9.17, 15) is 0 Å². The van der Waals surface area contributed by atoms with Crippen LogP contribution in [0.2, 0.25) is 5.02 Å². The SMILES string of the molecule is CC[C@H]1O[C@@H](c2ccc(Cl)c(Cc3ccc(O[C@H]4CCOC4)cc3)c2)[C@H](C)[C@@H](C)[C@@H]1C. The molecule has 0 unspecified atom stereocenters. The van der Waals surface area contributed by atoms with Crippen LogP contribution in [-0.2, 0) is 15.9 Å². The van der Waals surface area contributed by atoms with Gasteiger partial charge in [0, 0.05) is 11.4 Å². The molecule has 4 heteroatoms. The number of hydrogen-bond acceptors (Lipinski definition) is 3. The van der Waals surface area contributed by atoms with E-state index >= 15 is 0 Å². The molecule has 2 saturated heterocycles. The van der Waals surface area contributed by atoms with Gasteiger partial charge in [-0.15, -0.1) is 0 Å². The maximum atomic E-state index is 6.59. The summed E-state index contributed by atoms with van der Waals surface area (Å²) in [6.45, 7) is 10.7. The summed E-state index contributed by atoms with van der Waals surface area (Å²) in [5, 5.41) is 0.809. The normalized spacial score (nSPS) is 31.0. The monoisotopic (exact) mass is 442 g/mol. The third kappa shape index (κ3) is 5.10. The Labute approximate surface area is 192 Å². The quantitative estimate of drug-likeness (QED) is 0.489. The van der Waals surface area contributed by atoms with Crippen molar-refractivity contribution in [3.8, 4) is 5.75 Å². The molecule has 0 spiro atoms. The summed E-state index contributed by atoms with van der Waals surface area (Å²) in [4.78, 5) is 0. The van der Waals surface area contributed by atoms with Crippen molar-refractivity contribution in [3.63, 3.8) is 0 Å². The Bertz CT molecular complexity index is 857. The summed E-state index contributed by atoms with van der Waals surface area (Å²) in [5.74, 6) is 2.58. The van der Waals surface area contributed by atoms with Gasteiger partial charge in [-0.1, -0.05) is 63.6 Å². The summed E-state index contributed by atoms with van der Waals surface area (Å²) in [6, 6.07) is 14.8. The molecule has 4 rings (SSSR count). The van der Waals surface area contributed by atoms with Crippen LogP contribution in [0.15, 0.2) is 42.5 Å². The molecule has 2 aliphatic heterocycles. The Hall–Kier alpha value is -1.55. The van der Waals surface area contributed by atoms with Gasteiger partial charge >= 0.3 is 0 Å². The first kappa shape index (κ1) is 22.6. The lowest BCUT2D eigenvalue weighted by molar-refractivity contribution is -0.136. The third-order valence-electron chi connectivity index (χ3n) is 7.35. The Morgan fingerprint density at radius 3 is 2.45 bits per heavy atom. The maximum Gasteiger partial charge on any atom is 0.124 e.